The summed E-state index contributed by atoms with van der Waals surface area (Å²) in [6.45, 7) is 3.62. The zero-order valence-electron chi connectivity index (χ0n) is 21.7. The Labute approximate surface area is 241 Å². The largest absolute Gasteiger partial charge is 0.462 e. The van der Waals surface area contributed by atoms with Gasteiger partial charge >= 0.3 is 5.97 Å². The molecule has 202 valence electrons. The van der Waals surface area contributed by atoms with E-state index in [-0.39, 0.29) is 35.6 Å². The van der Waals surface area contributed by atoms with Crippen LogP contribution in [0, 0.1) is 0 Å². The number of rotatable bonds is 7. The Morgan fingerprint density at radius 1 is 0.950 bits per heavy atom. The first-order chi connectivity index (χ1) is 19.3. The van der Waals surface area contributed by atoms with Gasteiger partial charge in [-0.1, -0.05) is 72.5 Å². The van der Waals surface area contributed by atoms with Crippen LogP contribution in [0.15, 0.2) is 83.8 Å². The molecule has 2 aliphatic heterocycles. The number of nitrogens with zero attached hydrogens (tertiary/aromatic N) is 2. The Morgan fingerprint density at radius 3 is 2.33 bits per heavy atom. The molecule has 10 heteroatoms. The van der Waals surface area contributed by atoms with Crippen LogP contribution in [0.2, 0.25) is 0 Å². The summed E-state index contributed by atoms with van der Waals surface area (Å²) in [6.07, 6.45) is 0. The van der Waals surface area contributed by atoms with Crippen LogP contribution in [0.1, 0.15) is 41.4 Å². The number of carbonyl (C=O) groups is 4. The third-order valence-corrected chi connectivity index (χ3v) is 8.00. The fraction of sp³-hybridized carbons (Fsp3) is 0.167. The van der Waals surface area contributed by atoms with Crippen LogP contribution in [-0.4, -0.2) is 46.1 Å². The quantitative estimate of drug-likeness (QED) is 0.237. The highest BCUT2D eigenvalue weighted by molar-refractivity contribution is 8.26. The highest BCUT2D eigenvalue weighted by Gasteiger charge is 2.43. The van der Waals surface area contributed by atoms with Gasteiger partial charge in [-0.05, 0) is 49.7 Å². The molecule has 2 aliphatic rings. The SMILES string of the molecule is CCOC(=O)c1ccc(NC(=O)CN2C(=O)/C(=C3\SC(=S)N([C@@H](C)c4ccccc4)C3=O)c3ccccc32)cc1. The van der Waals surface area contributed by atoms with Crippen LogP contribution >= 0.6 is 24.0 Å². The molecule has 1 saturated heterocycles. The minimum absolute atomic E-state index is 0.238. The second kappa shape index (κ2) is 11.4. The number of nitrogens with one attached hydrogen (secondary N) is 1. The number of anilines is 2. The van der Waals surface area contributed by atoms with Crippen LogP contribution in [0.5, 0.6) is 0 Å². The molecule has 1 atom stereocenters. The number of hydrogen-bond acceptors (Lipinski definition) is 7. The van der Waals surface area contributed by atoms with Crippen LogP contribution in [0.3, 0.4) is 0 Å². The first kappa shape index (κ1) is 27.3. The van der Waals surface area contributed by atoms with E-state index in [0.717, 1.165) is 17.3 Å². The molecule has 3 aromatic carbocycles. The van der Waals surface area contributed by atoms with Gasteiger partial charge in [0.05, 0.1) is 34.4 Å². The lowest BCUT2D eigenvalue weighted by Gasteiger charge is -2.23. The summed E-state index contributed by atoms with van der Waals surface area (Å²) >= 11 is 6.67. The summed E-state index contributed by atoms with van der Waals surface area (Å²) in [5, 5.41) is 2.76. The second-order valence-corrected chi connectivity index (χ2v) is 10.7. The number of hydrogen-bond donors (Lipinski definition) is 1. The molecular weight excluding hydrogens is 546 g/mol. The van der Waals surface area contributed by atoms with Crippen LogP contribution < -0.4 is 10.2 Å². The van der Waals surface area contributed by atoms with Gasteiger partial charge in [-0.3, -0.25) is 24.2 Å². The normalized spacial score (nSPS) is 17.2. The number of thioether (sulfide) groups is 1. The molecule has 1 N–H and O–H groups in total. The minimum atomic E-state index is -0.448. The number of benzene rings is 3. The highest BCUT2D eigenvalue weighted by Crippen LogP contribution is 2.46. The van der Waals surface area contributed by atoms with Gasteiger partial charge < -0.3 is 10.1 Å². The standard InChI is InChI=1S/C30H25N3O5S2/c1-3-38-29(37)20-13-15-21(16-14-20)31-24(34)17-32-23-12-8-7-11-22(23)25(27(32)35)26-28(36)33(30(39)40-26)18(2)19-9-5-4-6-10-19/h4-16,18H,3,17H2,1-2H3,(H,31,34)/b26-25-/t18-/m0/s1. The van der Waals surface area contributed by atoms with Gasteiger partial charge in [-0.15, -0.1) is 0 Å². The zero-order valence-corrected chi connectivity index (χ0v) is 23.4. The molecule has 1 fully saturated rings. The Kier molecular flexibility index (Phi) is 7.81. The second-order valence-electron chi connectivity index (χ2n) is 9.09. The summed E-state index contributed by atoms with van der Waals surface area (Å²) < 4.78 is 5.35. The van der Waals surface area contributed by atoms with E-state index in [2.05, 4.69) is 5.32 Å². The predicted molar refractivity (Wildman–Crippen MR) is 159 cm³/mol. The first-order valence-corrected chi connectivity index (χ1v) is 13.9. The molecular formula is C30H25N3O5S2. The first-order valence-electron chi connectivity index (χ1n) is 12.6. The number of thiocarbonyl (C=S) groups is 1. The Balaban J connectivity index is 1.38. The van der Waals surface area contributed by atoms with Crippen molar-refractivity contribution in [1.29, 1.82) is 0 Å². The van der Waals surface area contributed by atoms with E-state index < -0.39 is 17.8 Å². The lowest BCUT2D eigenvalue weighted by molar-refractivity contribution is -0.123. The summed E-state index contributed by atoms with van der Waals surface area (Å²) in [5.41, 5.74) is 3.11. The van der Waals surface area contributed by atoms with Crippen LogP contribution in [0.4, 0.5) is 11.4 Å². The van der Waals surface area contributed by atoms with Gasteiger partial charge in [0.1, 0.15) is 10.9 Å². The zero-order chi connectivity index (χ0) is 28.4. The van der Waals surface area contributed by atoms with Crippen molar-refractivity contribution in [2.24, 2.45) is 0 Å². The van der Waals surface area contributed by atoms with Gasteiger partial charge in [0.15, 0.2) is 0 Å². The maximum Gasteiger partial charge on any atom is 0.338 e. The minimum Gasteiger partial charge on any atom is -0.462 e. The van der Waals surface area contributed by atoms with Crippen molar-refractivity contribution in [3.8, 4) is 0 Å². The number of carbonyl (C=O) groups excluding carboxylic acids is 4. The predicted octanol–water partition coefficient (Wildman–Crippen LogP) is 5.18. The van der Waals surface area contributed by atoms with E-state index in [9.17, 15) is 19.2 Å². The maximum atomic E-state index is 13.7. The van der Waals surface area contributed by atoms with E-state index in [1.807, 2.05) is 37.3 Å². The smallest absolute Gasteiger partial charge is 0.338 e. The summed E-state index contributed by atoms with van der Waals surface area (Å²) in [5.74, 6) is -1.66. The number of ether oxygens (including phenoxy) is 1. The van der Waals surface area contributed by atoms with Crippen molar-refractivity contribution in [2.75, 3.05) is 23.4 Å². The highest BCUT2D eigenvalue weighted by atomic mass is 32.2. The third kappa shape index (κ3) is 5.15. The van der Waals surface area contributed by atoms with Crippen molar-refractivity contribution >= 4 is 68.9 Å². The fourth-order valence-electron chi connectivity index (χ4n) is 4.65. The summed E-state index contributed by atoms with van der Waals surface area (Å²) in [4.78, 5) is 55.4. The van der Waals surface area contributed by atoms with Crippen LogP contribution in [0.25, 0.3) is 5.57 Å². The molecule has 0 aliphatic carbocycles. The van der Waals surface area contributed by atoms with Gasteiger partial charge in [0, 0.05) is 11.3 Å². The lowest BCUT2D eigenvalue weighted by atomic mass is 10.1. The van der Waals surface area contributed by atoms with Crippen molar-refractivity contribution in [3.05, 3.63) is 100 Å². The number of amides is 3. The van der Waals surface area contributed by atoms with E-state index in [4.69, 9.17) is 17.0 Å². The van der Waals surface area contributed by atoms with Gasteiger partial charge in [-0.25, -0.2) is 4.79 Å². The molecule has 3 amide bonds. The molecule has 5 rings (SSSR count). The third-order valence-electron chi connectivity index (χ3n) is 6.60. The van der Waals surface area contributed by atoms with Crippen LogP contribution in [-0.2, 0) is 19.1 Å². The molecule has 0 bridgehead atoms. The molecule has 0 aromatic heterocycles. The van der Waals surface area contributed by atoms with Gasteiger partial charge in [0.2, 0.25) is 5.91 Å². The Bertz CT molecular complexity index is 1550. The average Bonchev–Trinajstić information content (AvgIpc) is 3.40. The monoisotopic (exact) mass is 571 g/mol. The Hall–Kier alpha value is -4.28. The van der Waals surface area contributed by atoms with E-state index in [0.29, 0.717) is 26.8 Å². The molecule has 0 saturated carbocycles. The molecule has 40 heavy (non-hydrogen) atoms. The molecule has 0 radical (unpaired) electrons. The molecule has 3 aromatic rings. The molecule has 0 spiro atoms. The number of esters is 1. The molecule has 8 nitrogen and oxygen atoms in total. The number of para-hydroxylation sites is 1. The Morgan fingerprint density at radius 2 is 1.62 bits per heavy atom. The topological polar surface area (TPSA) is 96.0 Å². The van der Waals surface area contributed by atoms with Crippen molar-refractivity contribution in [3.63, 3.8) is 0 Å². The molecule has 0 unspecified atom stereocenters. The lowest BCUT2D eigenvalue weighted by Crippen LogP contribution is -2.35. The van der Waals surface area contributed by atoms with Crippen molar-refractivity contribution in [2.45, 2.75) is 19.9 Å². The van der Waals surface area contributed by atoms with Gasteiger partial charge in [0.25, 0.3) is 11.8 Å². The van der Waals surface area contributed by atoms with Gasteiger partial charge in [-0.2, -0.15) is 0 Å². The van der Waals surface area contributed by atoms with Crippen molar-refractivity contribution in [1.82, 2.24) is 4.90 Å². The molecule has 2 heterocycles. The van der Waals surface area contributed by atoms with E-state index >= 15 is 0 Å². The van der Waals surface area contributed by atoms with E-state index in [1.165, 1.54) is 9.80 Å². The number of fused-ring (bicyclic) bond motifs is 1. The average molecular weight is 572 g/mol. The summed E-state index contributed by atoms with van der Waals surface area (Å²) in [6, 6.07) is 22.6. The fourth-order valence-corrected chi connectivity index (χ4v) is 6.14. The van der Waals surface area contributed by atoms with E-state index in [1.54, 1.807) is 55.5 Å². The maximum absolute atomic E-state index is 13.7. The summed E-state index contributed by atoms with van der Waals surface area (Å²) in [7, 11) is 0. The van der Waals surface area contributed by atoms with Crippen molar-refractivity contribution < 1.29 is 23.9 Å².